The number of aromatic amines is 1. The van der Waals surface area contributed by atoms with Crippen molar-refractivity contribution in [1.82, 2.24) is 19.9 Å². The summed E-state index contributed by atoms with van der Waals surface area (Å²) < 4.78 is 38.9. The number of hydrogen-bond acceptors (Lipinski definition) is 3. The zero-order valence-electron chi connectivity index (χ0n) is 12.9. The van der Waals surface area contributed by atoms with Crippen LogP contribution in [0.2, 0.25) is 0 Å². The minimum atomic E-state index is -4.48. The molecule has 4 rings (SSSR count). The van der Waals surface area contributed by atoms with Gasteiger partial charge in [0.25, 0.3) is 0 Å². The van der Waals surface area contributed by atoms with Crippen LogP contribution in [0.4, 0.5) is 13.2 Å². The Kier molecular flexibility index (Phi) is 4.74. The number of para-hydroxylation sites is 1. The normalized spacial score (nSPS) is 11.0. The van der Waals surface area contributed by atoms with Crippen LogP contribution < -0.4 is 0 Å². The maximum absolute atomic E-state index is 13.0. The predicted molar refractivity (Wildman–Crippen MR) is 88.6 cm³/mol. The lowest BCUT2D eigenvalue weighted by Crippen LogP contribution is -2.08. The SMILES string of the molecule is FC(F)(F)c1cncnc1-c1c[nH]c2ccccc12.c1ccncc1. The molecule has 0 radical (unpaired) electrons. The first-order valence-corrected chi connectivity index (χ1v) is 7.36. The van der Waals surface area contributed by atoms with Crippen LogP contribution >= 0.6 is 0 Å². The molecule has 0 bridgehead atoms. The van der Waals surface area contributed by atoms with Crippen LogP contribution in [-0.4, -0.2) is 19.9 Å². The maximum Gasteiger partial charge on any atom is 0.419 e. The lowest BCUT2D eigenvalue weighted by atomic mass is 10.1. The Morgan fingerprint density at radius 1 is 0.880 bits per heavy atom. The molecule has 0 saturated carbocycles. The van der Waals surface area contributed by atoms with Gasteiger partial charge in [-0.05, 0) is 18.2 Å². The van der Waals surface area contributed by atoms with Crippen LogP contribution in [0.25, 0.3) is 22.2 Å². The van der Waals surface area contributed by atoms with Gasteiger partial charge in [0.2, 0.25) is 0 Å². The summed E-state index contributed by atoms with van der Waals surface area (Å²) in [4.78, 5) is 14.0. The van der Waals surface area contributed by atoms with Crippen molar-refractivity contribution in [3.05, 3.63) is 79.1 Å². The van der Waals surface area contributed by atoms with E-state index in [1.807, 2.05) is 24.3 Å². The van der Waals surface area contributed by atoms with E-state index in [1.54, 1.807) is 30.6 Å². The summed E-state index contributed by atoms with van der Waals surface area (Å²) in [5.74, 6) is 0. The molecule has 1 aromatic carbocycles. The van der Waals surface area contributed by atoms with E-state index in [1.165, 1.54) is 6.20 Å². The monoisotopic (exact) mass is 342 g/mol. The van der Waals surface area contributed by atoms with Gasteiger partial charge >= 0.3 is 6.18 Å². The summed E-state index contributed by atoms with van der Waals surface area (Å²) in [5.41, 5.74) is 0.245. The molecule has 4 aromatic rings. The molecule has 0 aliphatic rings. The minimum Gasteiger partial charge on any atom is -0.360 e. The second-order valence-electron chi connectivity index (χ2n) is 5.06. The molecule has 0 atom stereocenters. The summed E-state index contributed by atoms with van der Waals surface area (Å²) in [5, 5.41) is 0.701. The van der Waals surface area contributed by atoms with E-state index in [9.17, 15) is 13.2 Å². The molecule has 0 amide bonds. The van der Waals surface area contributed by atoms with Crippen molar-refractivity contribution < 1.29 is 13.2 Å². The third-order valence-electron chi connectivity index (χ3n) is 3.43. The van der Waals surface area contributed by atoms with Crippen LogP contribution in [0, 0.1) is 0 Å². The smallest absolute Gasteiger partial charge is 0.360 e. The molecule has 7 heteroatoms. The van der Waals surface area contributed by atoms with Crippen molar-refractivity contribution in [3.8, 4) is 11.3 Å². The quantitative estimate of drug-likeness (QED) is 0.544. The standard InChI is InChI=1S/C13H8F3N3.C5H5N/c14-13(15,16)10-6-17-7-19-12(10)9-5-18-11-4-2-1-3-8(9)11;1-2-4-6-5-3-1/h1-7,18H;1-5H. The van der Waals surface area contributed by atoms with Gasteiger partial charge in [-0.25, -0.2) is 9.97 Å². The van der Waals surface area contributed by atoms with Crippen molar-refractivity contribution in [2.24, 2.45) is 0 Å². The molecule has 4 nitrogen and oxygen atoms in total. The predicted octanol–water partition coefficient (Wildman–Crippen LogP) is 4.73. The lowest BCUT2D eigenvalue weighted by Gasteiger charge is -2.10. The minimum absolute atomic E-state index is 0.111. The van der Waals surface area contributed by atoms with E-state index in [2.05, 4.69) is 19.9 Å². The van der Waals surface area contributed by atoms with E-state index in [0.29, 0.717) is 10.9 Å². The molecule has 0 saturated heterocycles. The van der Waals surface area contributed by atoms with Gasteiger partial charge in [0.05, 0.1) is 5.69 Å². The molecule has 0 aliphatic carbocycles. The van der Waals surface area contributed by atoms with E-state index in [-0.39, 0.29) is 5.69 Å². The van der Waals surface area contributed by atoms with E-state index in [0.717, 1.165) is 18.0 Å². The molecular formula is C18H13F3N4. The number of aromatic nitrogens is 4. The number of rotatable bonds is 1. The number of nitrogens with zero attached hydrogens (tertiary/aromatic N) is 3. The number of pyridine rings is 1. The highest BCUT2D eigenvalue weighted by molar-refractivity contribution is 5.95. The third kappa shape index (κ3) is 3.82. The van der Waals surface area contributed by atoms with Gasteiger partial charge in [-0.15, -0.1) is 0 Å². The lowest BCUT2D eigenvalue weighted by molar-refractivity contribution is -0.137. The fourth-order valence-electron chi connectivity index (χ4n) is 2.33. The van der Waals surface area contributed by atoms with Crippen LogP contribution in [0.1, 0.15) is 5.56 Å². The van der Waals surface area contributed by atoms with Gasteiger partial charge in [0.15, 0.2) is 0 Å². The first kappa shape index (κ1) is 16.6. The highest BCUT2D eigenvalue weighted by Crippen LogP contribution is 2.37. The molecule has 126 valence electrons. The number of fused-ring (bicyclic) bond motifs is 1. The Balaban J connectivity index is 0.000000258. The second-order valence-corrected chi connectivity index (χ2v) is 5.06. The number of halogens is 3. The molecule has 0 fully saturated rings. The summed E-state index contributed by atoms with van der Waals surface area (Å²) in [6, 6.07) is 12.9. The zero-order valence-corrected chi connectivity index (χ0v) is 12.9. The fourth-order valence-corrected chi connectivity index (χ4v) is 2.33. The van der Waals surface area contributed by atoms with Crippen molar-refractivity contribution in [2.45, 2.75) is 6.18 Å². The first-order valence-electron chi connectivity index (χ1n) is 7.36. The molecule has 0 unspecified atom stereocenters. The van der Waals surface area contributed by atoms with Crippen LogP contribution in [-0.2, 0) is 6.18 Å². The molecule has 0 aliphatic heterocycles. The van der Waals surface area contributed by atoms with Gasteiger partial charge in [0, 0.05) is 41.3 Å². The van der Waals surface area contributed by atoms with Crippen LogP contribution in [0.5, 0.6) is 0 Å². The van der Waals surface area contributed by atoms with Crippen molar-refractivity contribution in [1.29, 1.82) is 0 Å². The topological polar surface area (TPSA) is 54.5 Å². The van der Waals surface area contributed by atoms with Crippen molar-refractivity contribution in [3.63, 3.8) is 0 Å². The fraction of sp³-hybridized carbons (Fsp3) is 0.0556. The van der Waals surface area contributed by atoms with Gasteiger partial charge < -0.3 is 4.98 Å². The Hall–Kier alpha value is -3.22. The largest absolute Gasteiger partial charge is 0.419 e. The number of H-pyrrole nitrogens is 1. The summed E-state index contributed by atoms with van der Waals surface area (Å²) >= 11 is 0. The molecule has 1 N–H and O–H groups in total. The van der Waals surface area contributed by atoms with Crippen molar-refractivity contribution >= 4 is 10.9 Å². The highest BCUT2D eigenvalue weighted by atomic mass is 19.4. The summed E-state index contributed by atoms with van der Waals surface area (Å²) in [7, 11) is 0. The first-order chi connectivity index (χ1) is 12.1. The van der Waals surface area contributed by atoms with Gasteiger partial charge in [-0.3, -0.25) is 4.98 Å². The average Bonchev–Trinajstić information content (AvgIpc) is 3.07. The van der Waals surface area contributed by atoms with Crippen molar-refractivity contribution in [2.75, 3.05) is 0 Å². The molecule has 3 aromatic heterocycles. The molecular weight excluding hydrogens is 329 g/mol. The number of hydrogen-bond donors (Lipinski definition) is 1. The third-order valence-corrected chi connectivity index (χ3v) is 3.43. The van der Waals surface area contributed by atoms with Gasteiger partial charge in [-0.1, -0.05) is 24.3 Å². The Morgan fingerprint density at radius 3 is 2.28 bits per heavy atom. The molecule has 0 spiro atoms. The number of alkyl halides is 3. The van der Waals surface area contributed by atoms with E-state index < -0.39 is 11.7 Å². The Labute approximate surface area is 141 Å². The Morgan fingerprint density at radius 2 is 1.64 bits per heavy atom. The maximum atomic E-state index is 13.0. The van der Waals surface area contributed by atoms with E-state index >= 15 is 0 Å². The van der Waals surface area contributed by atoms with E-state index in [4.69, 9.17) is 0 Å². The average molecular weight is 342 g/mol. The molecule has 25 heavy (non-hydrogen) atoms. The summed E-state index contributed by atoms with van der Waals surface area (Å²) in [6.07, 6.45) is 2.47. The number of nitrogens with one attached hydrogen (secondary N) is 1. The highest BCUT2D eigenvalue weighted by Gasteiger charge is 2.35. The van der Waals surface area contributed by atoms with Crippen LogP contribution in [0.3, 0.4) is 0 Å². The zero-order chi connectivity index (χ0) is 17.7. The van der Waals surface area contributed by atoms with Crippen LogP contribution in [0.15, 0.2) is 73.6 Å². The Bertz CT molecular complexity index is 922. The summed E-state index contributed by atoms with van der Waals surface area (Å²) in [6.45, 7) is 0. The van der Waals surface area contributed by atoms with Gasteiger partial charge in [0.1, 0.15) is 11.9 Å². The number of benzene rings is 1. The second kappa shape index (κ2) is 7.12. The van der Waals surface area contributed by atoms with Gasteiger partial charge in [-0.2, -0.15) is 13.2 Å². The molecule has 3 heterocycles.